The number of alkyl carbamates (subject to hydrolysis) is 1. The lowest BCUT2D eigenvalue weighted by Gasteiger charge is -2.25. The Balaban J connectivity index is 1.49. The molecule has 6 heteroatoms. The van der Waals surface area contributed by atoms with Crippen molar-refractivity contribution in [3.63, 3.8) is 0 Å². The highest BCUT2D eigenvalue weighted by Crippen LogP contribution is 2.38. The number of rotatable bonds is 5. The number of likely N-dealkylation sites (tertiary alicyclic amines) is 1. The van der Waals surface area contributed by atoms with Gasteiger partial charge < -0.3 is 15.0 Å². The molecule has 5 nitrogen and oxygen atoms in total. The van der Waals surface area contributed by atoms with Gasteiger partial charge in [-0.1, -0.05) is 19.1 Å². The van der Waals surface area contributed by atoms with Crippen molar-refractivity contribution in [2.45, 2.75) is 65.0 Å². The molecule has 4 atom stereocenters. The Labute approximate surface area is 173 Å². The number of amides is 2. The van der Waals surface area contributed by atoms with Gasteiger partial charge in [0, 0.05) is 31.5 Å². The molecule has 0 bridgehead atoms. The topological polar surface area (TPSA) is 58.6 Å². The van der Waals surface area contributed by atoms with E-state index in [1.165, 1.54) is 12.1 Å². The predicted octanol–water partition coefficient (Wildman–Crippen LogP) is 4.16. The quantitative estimate of drug-likeness (QED) is 0.802. The largest absolute Gasteiger partial charge is 0.444 e. The first-order chi connectivity index (χ1) is 13.6. The van der Waals surface area contributed by atoms with E-state index in [1.807, 2.05) is 38.7 Å². The van der Waals surface area contributed by atoms with Crippen molar-refractivity contribution in [2.75, 3.05) is 13.1 Å². The molecular weight excluding hydrogens is 371 g/mol. The maximum absolute atomic E-state index is 13.4. The van der Waals surface area contributed by atoms with Gasteiger partial charge in [-0.25, -0.2) is 9.18 Å². The summed E-state index contributed by atoms with van der Waals surface area (Å²) < 4.78 is 18.7. The van der Waals surface area contributed by atoms with E-state index in [0.29, 0.717) is 31.2 Å². The number of nitrogens with one attached hydrogen (secondary N) is 1. The summed E-state index contributed by atoms with van der Waals surface area (Å²) in [6.45, 7) is 9.05. The molecule has 2 amide bonds. The van der Waals surface area contributed by atoms with E-state index in [4.69, 9.17) is 4.74 Å². The van der Waals surface area contributed by atoms with Crippen LogP contribution in [0.4, 0.5) is 9.18 Å². The SMILES string of the molecule is C[C@H](CC(=O)N1C[C@@H]2CC[C@H](NC(=O)OC(C)(C)C)[C@@H]2C1)Cc1cccc(F)c1. The maximum atomic E-state index is 13.4. The molecule has 1 aromatic carbocycles. The van der Waals surface area contributed by atoms with Crippen LogP contribution < -0.4 is 5.32 Å². The molecule has 1 saturated carbocycles. The minimum atomic E-state index is -0.516. The molecule has 0 radical (unpaired) electrons. The molecule has 1 heterocycles. The van der Waals surface area contributed by atoms with Crippen molar-refractivity contribution >= 4 is 12.0 Å². The van der Waals surface area contributed by atoms with Crippen molar-refractivity contribution < 1.29 is 18.7 Å². The predicted molar refractivity (Wildman–Crippen MR) is 110 cm³/mol. The van der Waals surface area contributed by atoms with Gasteiger partial charge in [0.05, 0.1) is 0 Å². The third-order valence-corrected chi connectivity index (χ3v) is 5.91. The Morgan fingerprint density at radius 1 is 1.28 bits per heavy atom. The standard InChI is InChI=1S/C23H33FN2O3/c1-15(10-16-6-5-7-18(24)12-16)11-21(27)26-13-17-8-9-20(19(17)14-26)25-22(28)29-23(2,3)4/h5-7,12,15,17,19-20H,8-11,13-14H2,1-4H3,(H,25,28)/t15-,17-,19+,20-/m0/s1. The van der Waals surface area contributed by atoms with Crippen LogP contribution >= 0.6 is 0 Å². The number of halogens is 1. The average Bonchev–Trinajstić information content (AvgIpc) is 3.15. The summed E-state index contributed by atoms with van der Waals surface area (Å²) in [6.07, 6.45) is 2.73. The highest BCUT2D eigenvalue weighted by molar-refractivity contribution is 5.77. The molecular formula is C23H33FN2O3. The van der Waals surface area contributed by atoms with Crippen LogP contribution in [0.3, 0.4) is 0 Å². The minimum Gasteiger partial charge on any atom is -0.444 e. The molecule has 0 unspecified atom stereocenters. The number of nitrogens with zero attached hydrogens (tertiary/aromatic N) is 1. The van der Waals surface area contributed by atoms with E-state index >= 15 is 0 Å². The van der Waals surface area contributed by atoms with E-state index in [9.17, 15) is 14.0 Å². The summed E-state index contributed by atoms with van der Waals surface area (Å²) in [6, 6.07) is 6.64. The summed E-state index contributed by atoms with van der Waals surface area (Å²) in [5, 5.41) is 3.01. The van der Waals surface area contributed by atoms with Crippen LogP contribution in [0.15, 0.2) is 24.3 Å². The summed E-state index contributed by atoms with van der Waals surface area (Å²) in [7, 11) is 0. The van der Waals surface area contributed by atoms with Crippen molar-refractivity contribution in [3.05, 3.63) is 35.6 Å². The summed E-state index contributed by atoms with van der Waals surface area (Å²) in [4.78, 5) is 26.9. The van der Waals surface area contributed by atoms with E-state index in [-0.39, 0.29) is 29.8 Å². The zero-order chi connectivity index (χ0) is 21.2. The Morgan fingerprint density at radius 3 is 2.72 bits per heavy atom. The molecule has 2 fully saturated rings. The average molecular weight is 405 g/mol. The molecule has 0 aromatic heterocycles. The van der Waals surface area contributed by atoms with Crippen molar-refractivity contribution in [1.82, 2.24) is 10.2 Å². The van der Waals surface area contributed by atoms with Crippen LogP contribution in [-0.2, 0) is 16.0 Å². The smallest absolute Gasteiger partial charge is 0.407 e. The van der Waals surface area contributed by atoms with Crippen LogP contribution in [-0.4, -0.2) is 41.6 Å². The van der Waals surface area contributed by atoms with Gasteiger partial charge in [0.1, 0.15) is 11.4 Å². The number of hydrogen-bond acceptors (Lipinski definition) is 3. The van der Waals surface area contributed by atoms with Gasteiger partial charge in [0.2, 0.25) is 5.91 Å². The molecule has 1 aliphatic carbocycles. The molecule has 1 aromatic rings. The lowest BCUT2D eigenvalue weighted by Crippen LogP contribution is -2.42. The number of ether oxygens (including phenoxy) is 1. The molecule has 160 valence electrons. The fourth-order valence-corrected chi connectivity index (χ4v) is 4.67. The van der Waals surface area contributed by atoms with Gasteiger partial charge in [-0.05, 0) is 69.6 Å². The fraction of sp³-hybridized carbons (Fsp3) is 0.652. The Kier molecular flexibility index (Phi) is 6.49. The first kappa shape index (κ1) is 21.6. The van der Waals surface area contributed by atoms with Gasteiger partial charge in [-0.2, -0.15) is 0 Å². The highest BCUT2D eigenvalue weighted by atomic mass is 19.1. The second-order valence-electron chi connectivity index (χ2n) is 9.70. The summed E-state index contributed by atoms with van der Waals surface area (Å²) in [5.41, 5.74) is 0.405. The minimum absolute atomic E-state index is 0.0670. The molecule has 1 N–H and O–H groups in total. The maximum Gasteiger partial charge on any atom is 0.407 e. The van der Waals surface area contributed by atoms with Gasteiger partial charge >= 0.3 is 6.09 Å². The zero-order valence-electron chi connectivity index (χ0n) is 17.9. The first-order valence-electron chi connectivity index (χ1n) is 10.6. The van der Waals surface area contributed by atoms with Gasteiger partial charge in [0.25, 0.3) is 0 Å². The molecule has 1 aliphatic heterocycles. The molecule has 2 aliphatic rings. The fourth-order valence-electron chi connectivity index (χ4n) is 4.67. The first-order valence-corrected chi connectivity index (χ1v) is 10.6. The van der Waals surface area contributed by atoms with E-state index in [2.05, 4.69) is 5.32 Å². The second-order valence-corrected chi connectivity index (χ2v) is 9.70. The van der Waals surface area contributed by atoms with E-state index in [1.54, 1.807) is 6.07 Å². The van der Waals surface area contributed by atoms with Crippen LogP contribution in [0.25, 0.3) is 0 Å². The number of hydrogen-bond donors (Lipinski definition) is 1. The number of carbonyl (C=O) groups is 2. The number of fused-ring (bicyclic) bond motifs is 1. The normalized spacial score (nSPS) is 24.9. The summed E-state index contributed by atoms with van der Waals surface area (Å²) >= 11 is 0. The third-order valence-electron chi connectivity index (χ3n) is 5.91. The van der Waals surface area contributed by atoms with Gasteiger partial charge in [0.15, 0.2) is 0 Å². The van der Waals surface area contributed by atoms with Crippen molar-refractivity contribution in [2.24, 2.45) is 17.8 Å². The molecule has 1 saturated heterocycles. The van der Waals surface area contributed by atoms with Gasteiger partial charge in [-0.3, -0.25) is 4.79 Å². The van der Waals surface area contributed by atoms with E-state index in [0.717, 1.165) is 24.9 Å². The molecule has 0 spiro atoms. The Morgan fingerprint density at radius 2 is 2.03 bits per heavy atom. The molecule has 29 heavy (non-hydrogen) atoms. The summed E-state index contributed by atoms with van der Waals surface area (Å²) in [5.74, 6) is 0.805. The van der Waals surface area contributed by atoms with Crippen LogP contribution in [0, 0.1) is 23.6 Å². The lowest BCUT2D eigenvalue weighted by atomic mass is 9.97. The van der Waals surface area contributed by atoms with Crippen molar-refractivity contribution in [1.29, 1.82) is 0 Å². The highest BCUT2D eigenvalue weighted by Gasteiger charge is 2.44. The van der Waals surface area contributed by atoms with Crippen LogP contribution in [0.1, 0.15) is 52.5 Å². The Hall–Kier alpha value is -2.11. The van der Waals surface area contributed by atoms with Crippen LogP contribution in [0.2, 0.25) is 0 Å². The Bertz CT molecular complexity index is 746. The van der Waals surface area contributed by atoms with Crippen molar-refractivity contribution in [3.8, 4) is 0 Å². The third kappa shape index (κ3) is 5.94. The van der Waals surface area contributed by atoms with Crippen LogP contribution in [0.5, 0.6) is 0 Å². The zero-order valence-corrected chi connectivity index (χ0v) is 17.9. The van der Waals surface area contributed by atoms with Gasteiger partial charge in [-0.15, -0.1) is 0 Å². The lowest BCUT2D eigenvalue weighted by molar-refractivity contribution is -0.131. The number of carbonyl (C=O) groups excluding carboxylic acids is 2. The monoisotopic (exact) mass is 404 g/mol. The van der Waals surface area contributed by atoms with E-state index < -0.39 is 5.60 Å². The second kappa shape index (κ2) is 8.72. The number of benzene rings is 1. The molecule has 3 rings (SSSR count).